The number of carboxylic acid groups (broad SMARTS) is 1. The highest BCUT2D eigenvalue weighted by atomic mass is 35.5. The van der Waals surface area contributed by atoms with Crippen molar-refractivity contribution < 1.29 is 14.3 Å². The van der Waals surface area contributed by atoms with E-state index in [9.17, 15) is 4.79 Å². The standard InChI is InChI=1S/C16H16ClNO3/c1-2-18-8-7-10-12(17)3-4-14-16(10)11(9-18)13(21-14)5-6-15(19)20/h3-6H,2,7-9H2,1H3,(H,19,20)/b6-5+. The lowest BCUT2D eigenvalue weighted by Gasteiger charge is -2.17. The Balaban J connectivity index is 2.21. The summed E-state index contributed by atoms with van der Waals surface area (Å²) in [6, 6.07) is 3.70. The number of furan rings is 1. The van der Waals surface area contributed by atoms with E-state index in [2.05, 4.69) is 11.8 Å². The van der Waals surface area contributed by atoms with Gasteiger partial charge in [-0.15, -0.1) is 0 Å². The second-order valence-electron chi connectivity index (χ2n) is 5.13. The number of rotatable bonds is 3. The van der Waals surface area contributed by atoms with Crippen molar-refractivity contribution in [1.29, 1.82) is 0 Å². The fourth-order valence-electron chi connectivity index (χ4n) is 2.85. The molecule has 3 rings (SSSR count). The summed E-state index contributed by atoms with van der Waals surface area (Å²) in [6.07, 6.45) is 3.50. The van der Waals surface area contributed by atoms with Crippen LogP contribution in [0.4, 0.5) is 0 Å². The molecular weight excluding hydrogens is 290 g/mol. The van der Waals surface area contributed by atoms with Gasteiger partial charge in [0, 0.05) is 35.1 Å². The summed E-state index contributed by atoms with van der Waals surface area (Å²) >= 11 is 6.34. The minimum Gasteiger partial charge on any atom is -0.478 e. The van der Waals surface area contributed by atoms with Crippen LogP contribution in [0.1, 0.15) is 23.8 Å². The average molecular weight is 306 g/mol. The van der Waals surface area contributed by atoms with Crippen molar-refractivity contribution in [2.75, 3.05) is 13.1 Å². The first-order valence-electron chi connectivity index (χ1n) is 6.96. The maximum Gasteiger partial charge on any atom is 0.328 e. The molecule has 2 aromatic rings. The highest BCUT2D eigenvalue weighted by molar-refractivity contribution is 6.32. The van der Waals surface area contributed by atoms with Gasteiger partial charge in [-0.05, 0) is 36.7 Å². The topological polar surface area (TPSA) is 53.7 Å². The molecule has 1 N–H and O–H groups in total. The second kappa shape index (κ2) is 5.54. The van der Waals surface area contributed by atoms with Crippen molar-refractivity contribution >= 4 is 34.6 Å². The summed E-state index contributed by atoms with van der Waals surface area (Å²) in [4.78, 5) is 13.1. The molecule has 110 valence electrons. The molecule has 1 aromatic heterocycles. The Morgan fingerprint density at radius 3 is 3.00 bits per heavy atom. The lowest BCUT2D eigenvalue weighted by molar-refractivity contribution is -0.131. The molecule has 5 heteroatoms. The highest BCUT2D eigenvalue weighted by Gasteiger charge is 2.23. The predicted molar refractivity (Wildman–Crippen MR) is 82.5 cm³/mol. The van der Waals surface area contributed by atoms with E-state index in [1.807, 2.05) is 12.1 Å². The van der Waals surface area contributed by atoms with Crippen LogP contribution in [0.15, 0.2) is 22.6 Å². The van der Waals surface area contributed by atoms with Crippen LogP contribution in [0, 0.1) is 0 Å². The van der Waals surface area contributed by atoms with Gasteiger partial charge in [0.25, 0.3) is 0 Å². The molecule has 4 nitrogen and oxygen atoms in total. The van der Waals surface area contributed by atoms with Crippen molar-refractivity contribution in [2.45, 2.75) is 19.9 Å². The van der Waals surface area contributed by atoms with Gasteiger partial charge in [-0.1, -0.05) is 18.5 Å². The second-order valence-corrected chi connectivity index (χ2v) is 5.54. The van der Waals surface area contributed by atoms with Gasteiger partial charge >= 0.3 is 5.97 Å². The molecule has 0 amide bonds. The monoisotopic (exact) mass is 305 g/mol. The fourth-order valence-corrected chi connectivity index (χ4v) is 3.10. The van der Waals surface area contributed by atoms with Gasteiger partial charge in [0.2, 0.25) is 0 Å². The molecule has 0 fully saturated rings. The number of carbonyl (C=O) groups is 1. The number of aliphatic carboxylic acids is 1. The van der Waals surface area contributed by atoms with E-state index in [-0.39, 0.29) is 0 Å². The van der Waals surface area contributed by atoms with Crippen LogP contribution in [-0.4, -0.2) is 29.1 Å². The van der Waals surface area contributed by atoms with E-state index in [0.717, 1.165) is 59.2 Å². The van der Waals surface area contributed by atoms with Gasteiger partial charge in [-0.2, -0.15) is 0 Å². The third-order valence-corrected chi connectivity index (χ3v) is 4.27. The van der Waals surface area contributed by atoms with Gasteiger partial charge in [-0.3, -0.25) is 4.90 Å². The summed E-state index contributed by atoms with van der Waals surface area (Å²) in [5.74, 6) is -0.377. The van der Waals surface area contributed by atoms with Crippen molar-refractivity contribution in [1.82, 2.24) is 4.90 Å². The zero-order valence-corrected chi connectivity index (χ0v) is 12.5. The summed E-state index contributed by atoms with van der Waals surface area (Å²) in [5, 5.41) is 10.6. The largest absolute Gasteiger partial charge is 0.478 e. The number of hydrogen-bond donors (Lipinski definition) is 1. The highest BCUT2D eigenvalue weighted by Crippen LogP contribution is 2.36. The first-order valence-corrected chi connectivity index (χ1v) is 7.34. The van der Waals surface area contributed by atoms with E-state index < -0.39 is 5.97 Å². The summed E-state index contributed by atoms with van der Waals surface area (Å²) in [6.45, 7) is 4.73. The van der Waals surface area contributed by atoms with Crippen molar-refractivity contribution in [2.24, 2.45) is 0 Å². The van der Waals surface area contributed by atoms with E-state index in [1.54, 1.807) is 0 Å². The fraction of sp³-hybridized carbons (Fsp3) is 0.312. The molecule has 1 aliphatic heterocycles. The Hall–Kier alpha value is -1.78. The van der Waals surface area contributed by atoms with Gasteiger partial charge in [0.1, 0.15) is 11.3 Å². The minimum absolute atomic E-state index is 0.608. The number of hydrogen-bond acceptors (Lipinski definition) is 3. The third kappa shape index (κ3) is 2.57. The quantitative estimate of drug-likeness (QED) is 0.881. The molecule has 0 saturated carbocycles. The van der Waals surface area contributed by atoms with E-state index in [1.165, 1.54) is 6.08 Å². The van der Waals surface area contributed by atoms with Gasteiger partial charge < -0.3 is 9.52 Å². The van der Waals surface area contributed by atoms with Gasteiger partial charge in [-0.25, -0.2) is 4.79 Å². The molecule has 0 unspecified atom stereocenters. The molecule has 0 atom stereocenters. The number of likely N-dealkylation sites (N-methyl/N-ethyl adjacent to an activating group) is 1. The number of carboxylic acids is 1. The molecule has 0 spiro atoms. The van der Waals surface area contributed by atoms with Crippen LogP contribution in [0.5, 0.6) is 0 Å². The van der Waals surface area contributed by atoms with Crippen molar-refractivity contribution in [3.63, 3.8) is 0 Å². The number of benzene rings is 1. The molecule has 0 saturated heterocycles. The lowest BCUT2D eigenvalue weighted by Crippen LogP contribution is -2.23. The van der Waals surface area contributed by atoms with Gasteiger partial charge in [0.05, 0.1) is 0 Å². The van der Waals surface area contributed by atoms with E-state index >= 15 is 0 Å². The van der Waals surface area contributed by atoms with E-state index in [0.29, 0.717) is 5.76 Å². The number of halogens is 1. The first-order chi connectivity index (χ1) is 10.1. The Bertz CT molecular complexity index is 733. The molecule has 0 aliphatic carbocycles. The zero-order valence-electron chi connectivity index (χ0n) is 11.7. The maximum absolute atomic E-state index is 10.8. The summed E-state index contributed by atoms with van der Waals surface area (Å²) < 4.78 is 5.83. The van der Waals surface area contributed by atoms with Crippen LogP contribution < -0.4 is 0 Å². The van der Waals surface area contributed by atoms with E-state index in [4.69, 9.17) is 21.1 Å². The average Bonchev–Trinajstić information content (AvgIpc) is 2.67. The Morgan fingerprint density at radius 2 is 2.29 bits per heavy atom. The SMILES string of the molecule is CCN1CCc2c(Cl)ccc3oc(/C=C/C(=O)O)c(c23)C1. The molecule has 0 radical (unpaired) electrons. The Morgan fingerprint density at radius 1 is 1.48 bits per heavy atom. The third-order valence-electron chi connectivity index (χ3n) is 3.92. The van der Waals surface area contributed by atoms with Crippen LogP contribution >= 0.6 is 11.6 Å². The predicted octanol–water partition coefficient (Wildman–Crippen LogP) is 3.56. The smallest absolute Gasteiger partial charge is 0.328 e. The normalized spacial score (nSPS) is 15.7. The molecule has 1 aromatic carbocycles. The number of nitrogens with zero attached hydrogens (tertiary/aromatic N) is 1. The van der Waals surface area contributed by atoms with Crippen molar-refractivity contribution in [3.8, 4) is 0 Å². The molecular formula is C16H16ClNO3. The molecule has 21 heavy (non-hydrogen) atoms. The van der Waals surface area contributed by atoms with Crippen LogP contribution in [-0.2, 0) is 17.8 Å². The molecule has 0 bridgehead atoms. The van der Waals surface area contributed by atoms with Gasteiger partial charge in [0.15, 0.2) is 0 Å². The summed E-state index contributed by atoms with van der Waals surface area (Å²) in [7, 11) is 0. The van der Waals surface area contributed by atoms with Crippen LogP contribution in [0.3, 0.4) is 0 Å². The first kappa shape index (κ1) is 14.2. The minimum atomic E-state index is -0.984. The zero-order chi connectivity index (χ0) is 15.0. The van der Waals surface area contributed by atoms with Crippen molar-refractivity contribution in [3.05, 3.63) is 40.1 Å². The van der Waals surface area contributed by atoms with Crippen LogP contribution in [0.2, 0.25) is 5.02 Å². The summed E-state index contributed by atoms with van der Waals surface area (Å²) in [5.41, 5.74) is 2.89. The molecule has 1 aliphatic rings. The molecule has 2 heterocycles. The maximum atomic E-state index is 10.8. The Kier molecular flexibility index (Phi) is 3.74. The lowest BCUT2D eigenvalue weighted by atomic mass is 10.0. The Labute approximate surface area is 127 Å². The van der Waals surface area contributed by atoms with Crippen LogP contribution in [0.25, 0.3) is 17.0 Å².